The fourth-order valence-corrected chi connectivity index (χ4v) is 5.39. The number of hydrogen-bond donors (Lipinski definition) is 0. The van der Waals surface area contributed by atoms with Gasteiger partial charge in [-0.2, -0.15) is 0 Å². The van der Waals surface area contributed by atoms with Crippen molar-refractivity contribution in [3.05, 3.63) is 59.1 Å². The maximum Gasteiger partial charge on any atom is 0.252 e. The van der Waals surface area contributed by atoms with Crippen LogP contribution in [0.3, 0.4) is 0 Å². The van der Waals surface area contributed by atoms with E-state index in [4.69, 9.17) is 11.6 Å². The number of thiazole rings is 1. The van der Waals surface area contributed by atoms with Crippen LogP contribution >= 0.6 is 22.9 Å². The second-order valence-electron chi connectivity index (χ2n) is 7.24. The van der Waals surface area contributed by atoms with Gasteiger partial charge in [0.1, 0.15) is 5.52 Å². The monoisotopic (exact) mass is 491 g/mol. The molecule has 6 nitrogen and oxygen atoms in total. The normalized spacial score (nSPS) is 12.2. The maximum absolute atomic E-state index is 13.2. The predicted molar refractivity (Wildman–Crippen MR) is 133 cm³/mol. The van der Waals surface area contributed by atoms with E-state index in [2.05, 4.69) is 23.7 Å². The van der Waals surface area contributed by atoms with E-state index < -0.39 is 9.84 Å². The van der Waals surface area contributed by atoms with Crippen LogP contribution in [0, 0.1) is 0 Å². The van der Waals surface area contributed by atoms with Crippen LogP contribution in [0.1, 0.15) is 19.4 Å². The molecular formula is C23H26ClN3O3S2. The van der Waals surface area contributed by atoms with Crippen LogP contribution in [-0.4, -0.2) is 56.6 Å². The van der Waals surface area contributed by atoms with Gasteiger partial charge in [-0.05, 0) is 42.9 Å². The molecule has 1 aromatic heterocycles. The number of carbonyl (C=O) groups excluding carboxylic acids is 1. The van der Waals surface area contributed by atoms with E-state index >= 15 is 0 Å². The molecule has 2 aromatic carbocycles. The quantitative estimate of drug-likeness (QED) is 0.404. The zero-order valence-electron chi connectivity index (χ0n) is 18.3. The van der Waals surface area contributed by atoms with Crippen molar-refractivity contribution >= 4 is 60.1 Å². The minimum absolute atomic E-state index is 0.167. The second kappa shape index (κ2) is 10.6. The van der Waals surface area contributed by atoms with Crippen molar-refractivity contribution in [2.24, 2.45) is 0 Å². The first-order valence-corrected chi connectivity index (χ1v) is 13.4. The highest BCUT2D eigenvalue weighted by Crippen LogP contribution is 2.33. The van der Waals surface area contributed by atoms with E-state index in [-0.39, 0.29) is 10.8 Å². The minimum Gasteiger partial charge on any atom is -0.302 e. The summed E-state index contributed by atoms with van der Waals surface area (Å²) in [6.45, 7) is 6.99. The molecule has 1 amide bonds. The summed E-state index contributed by atoms with van der Waals surface area (Å²) in [4.78, 5) is 21.8. The lowest BCUT2D eigenvalue weighted by atomic mass is 10.2. The Kier molecular flexibility index (Phi) is 8.05. The average Bonchev–Trinajstić information content (AvgIpc) is 3.19. The summed E-state index contributed by atoms with van der Waals surface area (Å²) in [5.74, 6) is -0.239. The number of carbonyl (C=O) groups is 1. The Hall–Kier alpha value is -2.26. The Bertz CT molecular complexity index is 1230. The summed E-state index contributed by atoms with van der Waals surface area (Å²) in [6, 6.07) is 12.3. The molecule has 0 bridgehead atoms. The number of para-hydroxylation sites is 1. The molecule has 3 aromatic rings. The highest BCUT2D eigenvalue weighted by atomic mass is 35.5. The van der Waals surface area contributed by atoms with Gasteiger partial charge in [-0.15, -0.1) is 0 Å². The summed E-state index contributed by atoms with van der Waals surface area (Å²) in [7, 11) is -3.44. The van der Waals surface area contributed by atoms with E-state index in [1.807, 2.05) is 24.3 Å². The molecule has 32 heavy (non-hydrogen) atoms. The van der Waals surface area contributed by atoms with E-state index in [0.29, 0.717) is 28.8 Å². The van der Waals surface area contributed by atoms with E-state index in [1.54, 1.807) is 29.2 Å². The zero-order chi connectivity index (χ0) is 23.3. The van der Waals surface area contributed by atoms with Crippen LogP contribution in [0.2, 0.25) is 5.02 Å². The number of halogens is 1. The number of hydrogen-bond acceptors (Lipinski definition) is 6. The van der Waals surface area contributed by atoms with Crippen molar-refractivity contribution in [1.82, 2.24) is 9.88 Å². The topological polar surface area (TPSA) is 70.6 Å². The maximum atomic E-state index is 13.2. The Morgan fingerprint density at radius 1 is 1.09 bits per heavy atom. The zero-order valence-corrected chi connectivity index (χ0v) is 20.7. The molecule has 0 saturated carbocycles. The van der Waals surface area contributed by atoms with Crippen molar-refractivity contribution in [1.29, 1.82) is 0 Å². The SMILES string of the molecule is CCN(CC)CCN(C(=O)/C=C/c1ccccc1Cl)c1nc2c(S(C)(=O)=O)cccc2s1. The Morgan fingerprint density at radius 2 is 1.81 bits per heavy atom. The number of nitrogens with zero attached hydrogens (tertiary/aromatic N) is 3. The largest absolute Gasteiger partial charge is 0.302 e. The lowest BCUT2D eigenvalue weighted by Crippen LogP contribution is -2.38. The number of benzene rings is 2. The van der Waals surface area contributed by atoms with Gasteiger partial charge in [0.25, 0.3) is 5.91 Å². The second-order valence-corrected chi connectivity index (χ2v) is 10.6. The van der Waals surface area contributed by atoms with E-state index in [0.717, 1.165) is 29.6 Å². The van der Waals surface area contributed by atoms with Gasteiger partial charge in [-0.25, -0.2) is 13.4 Å². The molecule has 170 valence electrons. The third kappa shape index (κ3) is 5.75. The summed E-state index contributed by atoms with van der Waals surface area (Å²) < 4.78 is 25.1. The Morgan fingerprint density at radius 3 is 2.47 bits per heavy atom. The summed E-state index contributed by atoms with van der Waals surface area (Å²) >= 11 is 7.51. The minimum atomic E-state index is -3.44. The number of anilines is 1. The van der Waals surface area contributed by atoms with Gasteiger partial charge in [-0.3, -0.25) is 9.69 Å². The number of fused-ring (bicyclic) bond motifs is 1. The molecule has 0 radical (unpaired) electrons. The summed E-state index contributed by atoms with van der Waals surface area (Å²) in [5, 5.41) is 1.03. The van der Waals surface area contributed by atoms with Crippen molar-refractivity contribution in [2.45, 2.75) is 18.7 Å². The smallest absolute Gasteiger partial charge is 0.252 e. The third-order valence-corrected chi connectivity index (χ3v) is 7.63. The molecule has 0 aliphatic rings. The van der Waals surface area contributed by atoms with E-state index in [1.165, 1.54) is 17.4 Å². The molecule has 0 saturated heterocycles. The van der Waals surface area contributed by atoms with Gasteiger partial charge >= 0.3 is 0 Å². The highest BCUT2D eigenvalue weighted by molar-refractivity contribution is 7.91. The molecule has 0 unspecified atom stereocenters. The molecule has 1 heterocycles. The fraction of sp³-hybridized carbons (Fsp3) is 0.304. The molecule has 0 spiro atoms. The predicted octanol–water partition coefficient (Wildman–Crippen LogP) is 4.74. The number of amides is 1. The van der Waals surface area contributed by atoms with Gasteiger partial charge in [0, 0.05) is 30.4 Å². The standard InChI is InChI=1S/C23H26ClN3O3S2/c1-4-26(5-2)15-16-27(21(28)14-13-17-9-6-7-10-18(17)24)23-25-22-19(31-23)11-8-12-20(22)32(3,29)30/h6-14H,4-5,15-16H2,1-3H3/b14-13+. The third-order valence-electron chi connectivity index (χ3n) is 5.11. The first-order chi connectivity index (χ1) is 15.2. The molecule has 0 aliphatic carbocycles. The number of likely N-dealkylation sites (N-methyl/N-ethyl adjacent to an activating group) is 1. The molecular weight excluding hydrogens is 466 g/mol. The number of rotatable bonds is 9. The molecule has 0 N–H and O–H groups in total. The lowest BCUT2D eigenvalue weighted by Gasteiger charge is -2.23. The Labute approximate surface area is 198 Å². The molecule has 3 rings (SSSR count). The first-order valence-electron chi connectivity index (χ1n) is 10.3. The highest BCUT2D eigenvalue weighted by Gasteiger charge is 2.22. The Balaban J connectivity index is 1.99. The van der Waals surface area contributed by atoms with Crippen molar-refractivity contribution < 1.29 is 13.2 Å². The average molecular weight is 492 g/mol. The van der Waals surface area contributed by atoms with Crippen LogP contribution in [-0.2, 0) is 14.6 Å². The lowest BCUT2D eigenvalue weighted by molar-refractivity contribution is -0.114. The van der Waals surface area contributed by atoms with Crippen LogP contribution in [0.15, 0.2) is 53.4 Å². The van der Waals surface area contributed by atoms with Crippen LogP contribution < -0.4 is 4.90 Å². The molecule has 0 fully saturated rings. The molecule has 0 atom stereocenters. The summed E-state index contributed by atoms with van der Waals surface area (Å²) in [6.07, 6.45) is 4.33. The van der Waals surface area contributed by atoms with Crippen LogP contribution in [0.25, 0.3) is 16.3 Å². The number of aromatic nitrogens is 1. The van der Waals surface area contributed by atoms with Gasteiger partial charge in [0.05, 0.1) is 9.60 Å². The van der Waals surface area contributed by atoms with Crippen LogP contribution in [0.5, 0.6) is 0 Å². The van der Waals surface area contributed by atoms with Crippen molar-refractivity contribution in [3.8, 4) is 0 Å². The van der Waals surface area contributed by atoms with Gasteiger partial charge in [-0.1, -0.05) is 61.1 Å². The molecule has 0 aliphatic heterocycles. The molecule has 9 heteroatoms. The van der Waals surface area contributed by atoms with Crippen molar-refractivity contribution in [3.63, 3.8) is 0 Å². The van der Waals surface area contributed by atoms with Crippen molar-refractivity contribution in [2.75, 3.05) is 37.3 Å². The number of sulfone groups is 1. The van der Waals surface area contributed by atoms with E-state index in [9.17, 15) is 13.2 Å². The van der Waals surface area contributed by atoms with Gasteiger partial charge in [0.15, 0.2) is 15.0 Å². The summed E-state index contributed by atoms with van der Waals surface area (Å²) in [5.41, 5.74) is 1.14. The van der Waals surface area contributed by atoms with Crippen LogP contribution in [0.4, 0.5) is 5.13 Å². The first kappa shape index (κ1) is 24.4. The fourth-order valence-electron chi connectivity index (χ4n) is 3.27. The van der Waals surface area contributed by atoms with Gasteiger partial charge in [0.2, 0.25) is 0 Å². The van der Waals surface area contributed by atoms with Gasteiger partial charge < -0.3 is 4.90 Å².